The highest BCUT2D eigenvalue weighted by molar-refractivity contribution is 7.53. The van der Waals surface area contributed by atoms with Crippen LogP contribution < -0.4 is 5.09 Å². The quantitative estimate of drug-likeness (QED) is 0.464. The summed E-state index contributed by atoms with van der Waals surface area (Å²) in [6, 6.07) is 8.73. The second kappa shape index (κ2) is 6.27. The summed E-state index contributed by atoms with van der Waals surface area (Å²) in [6.45, 7) is 0. The van der Waals surface area contributed by atoms with E-state index in [9.17, 15) is 19.9 Å². The van der Waals surface area contributed by atoms with Crippen LogP contribution in [0.4, 0.5) is 5.69 Å². The lowest BCUT2D eigenvalue weighted by Gasteiger charge is -2.15. The van der Waals surface area contributed by atoms with Crippen LogP contribution in [0.25, 0.3) is 0 Å². The molecule has 0 unspecified atom stereocenters. The smallest absolute Gasteiger partial charge is 0.427 e. The number of hydrogen-bond acceptors (Lipinski definition) is 4. The molecule has 2 aromatic rings. The van der Waals surface area contributed by atoms with E-state index in [4.69, 9.17) is 9.79 Å². The van der Waals surface area contributed by atoms with Crippen LogP contribution in [-0.2, 0) is 17.4 Å². The van der Waals surface area contributed by atoms with Crippen molar-refractivity contribution in [1.82, 2.24) is 0 Å². The van der Waals surface area contributed by atoms with Gasteiger partial charge in [0.2, 0.25) is 0 Å². The number of anilines is 1. The van der Waals surface area contributed by atoms with Gasteiger partial charge in [-0.1, -0.05) is 12.1 Å². The van der Waals surface area contributed by atoms with Crippen LogP contribution in [0, 0.1) is 0 Å². The minimum atomic E-state index is -4.56. The molecule has 0 aliphatic carbocycles. The average Bonchev–Trinajstić information content (AvgIpc) is 2.37. The Bertz CT molecular complexity index is 710. The summed E-state index contributed by atoms with van der Waals surface area (Å²) in [6.07, 6.45) is 0.772. The van der Waals surface area contributed by atoms with E-state index in [-0.39, 0.29) is 28.5 Å². The molecule has 2 aromatic carbocycles. The molecule has 0 aliphatic heterocycles. The van der Waals surface area contributed by atoms with Gasteiger partial charge in [0.15, 0.2) is 0 Å². The van der Waals surface area contributed by atoms with Gasteiger partial charge in [0, 0.05) is 17.7 Å². The lowest BCUT2D eigenvalue weighted by atomic mass is 10.0. The fourth-order valence-corrected chi connectivity index (χ4v) is 2.61. The summed E-state index contributed by atoms with van der Waals surface area (Å²) in [5.41, 5.74) is 1.14. The lowest BCUT2D eigenvalue weighted by molar-refractivity contribution is 0.380. The van der Waals surface area contributed by atoms with Crippen molar-refractivity contribution in [1.29, 1.82) is 0 Å². The normalized spacial score (nSPS) is 11.4. The molecule has 0 bridgehead atoms. The van der Waals surface area contributed by atoms with Crippen LogP contribution >= 0.6 is 7.75 Å². The van der Waals surface area contributed by atoms with E-state index in [1.54, 1.807) is 12.1 Å². The summed E-state index contributed by atoms with van der Waals surface area (Å²) in [5, 5.41) is 30.6. The Morgan fingerprint density at radius 1 is 0.909 bits per heavy atom. The van der Waals surface area contributed by atoms with E-state index in [0.717, 1.165) is 17.7 Å². The van der Waals surface area contributed by atoms with Gasteiger partial charge in [0.05, 0.1) is 5.69 Å². The van der Waals surface area contributed by atoms with Gasteiger partial charge in [-0.2, -0.15) is 0 Å². The number of nitrogens with one attached hydrogen (secondary N) is 1. The fraction of sp³-hybridized carbons (Fsp3) is 0.143. The summed E-state index contributed by atoms with van der Waals surface area (Å²) >= 11 is 0. The van der Waals surface area contributed by atoms with Crippen LogP contribution in [-0.4, -0.2) is 25.1 Å². The summed E-state index contributed by atoms with van der Waals surface area (Å²) in [5.74, 6) is -0.420. The maximum Gasteiger partial charge on any atom is 0.427 e. The highest BCUT2D eigenvalue weighted by Crippen LogP contribution is 2.41. The minimum Gasteiger partial charge on any atom is -0.508 e. The molecule has 7 nitrogen and oxygen atoms in total. The van der Waals surface area contributed by atoms with Crippen LogP contribution in [0.15, 0.2) is 36.4 Å². The maximum atomic E-state index is 11.1. The van der Waals surface area contributed by atoms with Crippen molar-refractivity contribution < 1.29 is 29.7 Å². The second-order valence-electron chi connectivity index (χ2n) is 4.81. The lowest BCUT2D eigenvalue weighted by Crippen LogP contribution is -2.01. The molecule has 0 amide bonds. The Labute approximate surface area is 126 Å². The fourth-order valence-electron chi connectivity index (χ4n) is 2.09. The van der Waals surface area contributed by atoms with E-state index in [2.05, 4.69) is 0 Å². The zero-order valence-corrected chi connectivity index (χ0v) is 12.4. The van der Waals surface area contributed by atoms with Gasteiger partial charge in [-0.25, -0.2) is 4.57 Å². The van der Waals surface area contributed by atoms with Gasteiger partial charge in [-0.05, 0) is 30.5 Å². The number of aromatic hydroxyl groups is 3. The van der Waals surface area contributed by atoms with Gasteiger partial charge in [-0.15, -0.1) is 0 Å². The second-order valence-corrected chi connectivity index (χ2v) is 6.12. The largest absolute Gasteiger partial charge is 0.508 e. The van der Waals surface area contributed by atoms with Gasteiger partial charge >= 0.3 is 7.75 Å². The van der Waals surface area contributed by atoms with Gasteiger partial charge in [0.25, 0.3) is 0 Å². The van der Waals surface area contributed by atoms with Crippen molar-refractivity contribution in [2.24, 2.45) is 0 Å². The maximum absolute atomic E-state index is 11.1. The molecule has 6 N–H and O–H groups in total. The first-order valence-electron chi connectivity index (χ1n) is 6.41. The van der Waals surface area contributed by atoms with Crippen molar-refractivity contribution in [2.75, 3.05) is 5.09 Å². The Morgan fingerprint density at radius 2 is 1.55 bits per heavy atom. The summed E-state index contributed by atoms with van der Waals surface area (Å²) in [7, 11) is -4.56. The molecule has 0 spiro atoms. The predicted octanol–water partition coefficient (Wildman–Crippen LogP) is 2.09. The van der Waals surface area contributed by atoms with Gasteiger partial charge < -0.3 is 25.1 Å². The number of phenols is 3. The molecule has 118 valence electrons. The Morgan fingerprint density at radius 3 is 2.14 bits per heavy atom. The third-order valence-corrected chi connectivity index (χ3v) is 3.61. The number of benzene rings is 2. The third kappa shape index (κ3) is 4.39. The van der Waals surface area contributed by atoms with E-state index < -0.39 is 7.75 Å². The first-order valence-corrected chi connectivity index (χ1v) is 8.02. The monoisotopic (exact) mass is 325 g/mol. The molecule has 0 aromatic heterocycles. The zero-order chi connectivity index (χ0) is 16.3. The topological polar surface area (TPSA) is 130 Å². The molecular formula is C14H16NO6P. The first kappa shape index (κ1) is 16.2. The minimum absolute atomic E-state index is 0.0235. The van der Waals surface area contributed by atoms with Crippen molar-refractivity contribution in [2.45, 2.75) is 12.8 Å². The molecule has 0 aliphatic rings. The zero-order valence-electron chi connectivity index (χ0n) is 11.5. The third-order valence-electron chi connectivity index (χ3n) is 3.08. The molecule has 8 heteroatoms. The van der Waals surface area contributed by atoms with Crippen molar-refractivity contribution in [3.8, 4) is 17.2 Å². The van der Waals surface area contributed by atoms with E-state index in [1.807, 2.05) is 5.09 Å². The van der Waals surface area contributed by atoms with Gasteiger partial charge in [-0.3, -0.25) is 5.09 Å². The molecule has 0 fully saturated rings. The number of phenolic OH excluding ortho intramolecular Hbond substituents is 3. The Kier molecular flexibility index (Phi) is 4.61. The molecule has 0 radical (unpaired) electrons. The Balaban J connectivity index is 2.25. The predicted molar refractivity (Wildman–Crippen MR) is 81.0 cm³/mol. The highest BCUT2D eigenvalue weighted by Gasteiger charge is 2.18. The SMILES string of the molecule is O=P(O)(O)Nc1cc(O)cc(O)c1CCc1ccc(O)cc1. The summed E-state index contributed by atoms with van der Waals surface area (Å²) in [4.78, 5) is 18.0. The van der Waals surface area contributed by atoms with Crippen molar-refractivity contribution in [3.63, 3.8) is 0 Å². The van der Waals surface area contributed by atoms with E-state index >= 15 is 0 Å². The van der Waals surface area contributed by atoms with Crippen molar-refractivity contribution in [3.05, 3.63) is 47.5 Å². The standard InChI is InChI=1S/C14H16NO6P/c16-10-4-1-9(2-5-10)3-6-12-13(15-22(19,20)21)7-11(17)8-14(12)18/h1-2,4-5,7-8,16-18H,3,6H2,(H3,15,19,20,21). The van der Waals surface area contributed by atoms with Gasteiger partial charge in [0.1, 0.15) is 17.2 Å². The Hall–Kier alpha value is -2.21. The van der Waals surface area contributed by atoms with Crippen LogP contribution in [0.3, 0.4) is 0 Å². The molecule has 2 rings (SSSR count). The number of hydrogen-bond donors (Lipinski definition) is 6. The summed E-state index contributed by atoms with van der Waals surface area (Å²) < 4.78 is 11.1. The van der Waals surface area contributed by atoms with Crippen LogP contribution in [0.5, 0.6) is 17.2 Å². The number of aryl methyl sites for hydroxylation is 1. The van der Waals surface area contributed by atoms with Crippen LogP contribution in [0.2, 0.25) is 0 Å². The van der Waals surface area contributed by atoms with E-state index in [0.29, 0.717) is 12.8 Å². The number of rotatable bonds is 5. The molecule has 0 saturated carbocycles. The van der Waals surface area contributed by atoms with Crippen LogP contribution in [0.1, 0.15) is 11.1 Å². The van der Waals surface area contributed by atoms with Crippen molar-refractivity contribution >= 4 is 13.4 Å². The average molecular weight is 325 g/mol. The highest BCUT2D eigenvalue weighted by atomic mass is 31.2. The molecule has 22 heavy (non-hydrogen) atoms. The molecule has 0 heterocycles. The first-order chi connectivity index (χ1) is 10.2. The molecule has 0 atom stereocenters. The van der Waals surface area contributed by atoms with E-state index in [1.165, 1.54) is 12.1 Å². The molecule has 0 saturated heterocycles. The molecular weight excluding hydrogens is 309 g/mol.